The van der Waals surface area contributed by atoms with Crippen molar-refractivity contribution >= 4 is 11.8 Å². The molecule has 0 radical (unpaired) electrons. The van der Waals surface area contributed by atoms with Crippen LogP contribution in [0.15, 0.2) is 0 Å². The zero-order valence-corrected chi connectivity index (χ0v) is 9.57. The van der Waals surface area contributed by atoms with Crippen molar-refractivity contribution in [1.82, 2.24) is 10.2 Å². The van der Waals surface area contributed by atoms with Gasteiger partial charge in [0.2, 0.25) is 0 Å². The zero-order valence-electron chi connectivity index (χ0n) is 9.57. The number of ether oxygens (including phenoxy) is 1. The number of hydrogen-bond donors (Lipinski definition) is 1. The summed E-state index contributed by atoms with van der Waals surface area (Å²) in [6.07, 6.45) is 2.18. The minimum absolute atomic E-state index is 0.0439. The molecule has 2 amide bonds. The highest BCUT2D eigenvalue weighted by Crippen LogP contribution is 2.16. The zero-order chi connectivity index (χ0) is 11.5. The Morgan fingerprint density at radius 1 is 1.31 bits per heavy atom. The molecular weight excluding hydrogens is 208 g/mol. The van der Waals surface area contributed by atoms with Gasteiger partial charge in [-0.3, -0.25) is 14.5 Å². The molecule has 2 aliphatic heterocycles. The summed E-state index contributed by atoms with van der Waals surface area (Å²) in [4.78, 5) is 24.4. The van der Waals surface area contributed by atoms with Crippen LogP contribution in [0.2, 0.25) is 0 Å². The summed E-state index contributed by atoms with van der Waals surface area (Å²) in [6, 6.07) is 0.548. The van der Waals surface area contributed by atoms with E-state index in [1.165, 1.54) is 4.90 Å². The fourth-order valence-corrected chi connectivity index (χ4v) is 2.20. The lowest BCUT2D eigenvalue weighted by molar-refractivity contribution is -0.159. The van der Waals surface area contributed by atoms with Crippen molar-refractivity contribution in [3.05, 3.63) is 0 Å². The first-order valence-electron chi connectivity index (χ1n) is 5.81. The maximum absolute atomic E-state index is 11.5. The molecule has 2 heterocycles. The lowest BCUT2D eigenvalue weighted by atomic mass is 9.95. The van der Waals surface area contributed by atoms with Gasteiger partial charge >= 0.3 is 0 Å². The molecule has 2 rings (SSSR count). The molecule has 0 aromatic heterocycles. The molecule has 0 aliphatic carbocycles. The third-order valence-corrected chi connectivity index (χ3v) is 3.26. The minimum atomic E-state index is -0.199. The van der Waals surface area contributed by atoms with Crippen LogP contribution in [0, 0.1) is 5.92 Å². The van der Waals surface area contributed by atoms with Gasteiger partial charge in [0.25, 0.3) is 11.8 Å². The predicted molar refractivity (Wildman–Crippen MR) is 57.7 cm³/mol. The largest absolute Gasteiger partial charge is 0.362 e. The van der Waals surface area contributed by atoms with Crippen LogP contribution in [0.4, 0.5) is 0 Å². The summed E-state index contributed by atoms with van der Waals surface area (Å²) >= 11 is 0. The molecule has 90 valence electrons. The second-order valence-corrected chi connectivity index (χ2v) is 4.64. The number of amides is 2. The van der Waals surface area contributed by atoms with Gasteiger partial charge in [-0.15, -0.1) is 0 Å². The number of rotatable bonds is 2. The molecule has 0 saturated carbocycles. The molecule has 2 aliphatic rings. The van der Waals surface area contributed by atoms with Gasteiger partial charge in [-0.25, -0.2) is 0 Å². The molecule has 2 unspecified atom stereocenters. The van der Waals surface area contributed by atoms with Crippen LogP contribution in [0.1, 0.15) is 19.8 Å². The Balaban J connectivity index is 1.88. The molecule has 1 N–H and O–H groups in total. The lowest BCUT2D eigenvalue weighted by Crippen LogP contribution is -2.50. The lowest BCUT2D eigenvalue weighted by Gasteiger charge is -2.33. The van der Waals surface area contributed by atoms with E-state index in [1.807, 2.05) is 0 Å². The van der Waals surface area contributed by atoms with Crippen LogP contribution >= 0.6 is 0 Å². The smallest absolute Gasteiger partial charge is 0.255 e. The molecule has 0 spiro atoms. The maximum atomic E-state index is 11.5. The maximum Gasteiger partial charge on any atom is 0.255 e. The van der Waals surface area contributed by atoms with E-state index in [-0.39, 0.29) is 25.0 Å². The summed E-state index contributed by atoms with van der Waals surface area (Å²) in [7, 11) is 0. The van der Waals surface area contributed by atoms with E-state index in [9.17, 15) is 9.59 Å². The number of morpholine rings is 1. The average Bonchev–Trinajstić information content (AvgIpc) is 2.26. The van der Waals surface area contributed by atoms with E-state index in [1.54, 1.807) is 0 Å². The first-order valence-corrected chi connectivity index (χ1v) is 5.81. The van der Waals surface area contributed by atoms with E-state index in [4.69, 9.17) is 4.74 Å². The highest BCUT2D eigenvalue weighted by molar-refractivity contribution is 5.98. The summed E-state index contributed by atoms with van der Waals surface area (Å²) in [5, 5.41) is 3.37. The fraction of sp³-hybridized carbons (Fsp3) is 0.818. The third kappa shape index (κ3) is 2.59. The molecule has 5 heteroatoms. The average molecular weight is 226 g/mol. The summed E-state index contributed by atoms with van der Waals surface area (Å²) in [6.45, 7) is 3.67. The standard InChI is InChI=1S/C11H18N2O3/c1-8-2-3-9(4-12-8)5-13-10(14)6-16-7-11(13)15/h8-9,12H,2-7H2,1H3. The Kier molecular flexibility index (Phi) is 3.56. The van der Waals surface area contributed by atoms with Crippen LogP contribution in [0.3, 0.4) is 0 Å². The molecule has 2 atom stereocenters. The molecule has 0 aromatic rings. The van der Waals surface area contributed by atoms with E-state index in [2.05, 4.69) is 12.2 Å². The van der Waals surface area contributed by atoms with Crippen molar-refractivity contribution in [2.75, 3.05) is 26.3 Å². The number of nitrogens with one attached hydrogen (secondary N) is 1. The van der Waals surface area contributed by atoms with Gasteiger partial charge in [-0.1, -0.05) is 0 Å². The fourth-order valence-electron chi connectivity index (χ4n) is 2.20. The number of hydrogen-bond acceptors (Lipinski definition) is 4. The Morgan fingerprint density at radius 2 is 2.00 bits per heavy atom. The monoisotopic (exact) mass is 226 g/mol. The van der Waals surface area contributed by atoms with Crippen molar-refractivity contribution in [2.45, 2.75) is 25.8 Å². The van der Waals surface area contributed by atoms with Gasteiger partial charge in [0, 0.05) is 12.6 Å². The molecule has 0 aromatic carbocycles. The topological polar surface area (TPSA) is 58.6 Å². The van der Waals surface area contributed by atoms with E-state index in [0.717, 1.165) is 19.4 Å². The molecule has 2 saturated heterocycles. The van der Waals surface area contributed by atoms with Crippen molar-refractivity contribution in [3.8, 4) is 0 Å². The van der Waals surface area contributed by atoms with E-state index in [0.29, 0.717) is 18.5 Å². The Labute approximate surface area is 95.1 Å². The number of nitrogens with zero attached hydrogens (tertiary/aromatic N) is 1. The molecule has 5 nitrogen and oxygen atoms in total. The second-order valence-electron chi connectivity index (χ2n) is 4.64. The highest BCUT2D eigenvalue weighted by atomic mass is 16.5. The summed E-state index contributed by atoms with van der Waals surface area (Å²) in [5.41, 5.74) is 0. The van der Waals surface area contributed by atoms with Crippen LogP contribution in [-0.2, 0) is 14.3 Å². The molecule has 0 bridgehead atoms. The number of carbonyl (C=O) groups is 2. The van der Waals surface area contributed by atoms with Gasteiger partial charge < -0.3 is 10.1 Å². The first kappa shape index (κ1) is 11.5. The molecule has 2 fully saturated rings. The van der Waals surface area contributed by atoms with Crippen LogP contribution in [0.5, 0.6) is 0 Å². The van der Waals surface area contributed by atoms with Gasteiger partial charge in [-0.2, -0.15) is 0 Å². The quantitative estimate of drug-likeness (QED) is 0.660. The van der Waals surface area contributed by atoms with Gasteiger partial charge in [0.05, 0.1) is 0 Å². The third-order valence-electron chi connectivity index (χ3n) is 3.26. The Bertz CT molecular complexity index is 269. The second kappa shape index (κ2) is 4.93. The SMILES string of the molecule is CC1CCC(CN2C(=O)COCC2=O)CN1. The molecular formula is C11H18N2O3. The Morgan fingerprint density at radius 3 is 2.56 bits per heavy atom. The van der Waals surface area contributed by atoms with Crippen LogP contribution in [-0.4, -0.2) is 49.1 Å². The van der Waals surface area contributed by atoms with Crippen molar-refractivity contribution in [2.24, 2.45) is 5.92 Å². The summed E-state index contributed by atoms with van der Waals surface area (Å²) < 4.78 is 4.87. The van der Waals surface area contributed by atoms with Crippen LogP contribution < -0.4 is 5.32 Å². The van der Waals surface area contributed by atoms with Gasteiger partial charge in [-0.05, 0) is 32.2 Å². The van der Waals surface area contributed by atoms with E-state index < -0.39 is 0 Å². The van der Waals surface area contributed by atoms with Crippen molar-refractivity contribution < 1.29 is 14.3 Å². The predicted octanol–water partition coefficient (Wildman–Crippen LogP) is -0.240. The number of imide groups is 1. The molecule has 16 heavy (non-hydrogen) atoms. The van der Waals surface area contributed by atoms with Crippen molar-refractivity contribution in [3.63, 3.8) is 0 Å². The normalized spacial score (nSPS) is 31.9. The Hall–Kier alpha value is -0.940. The summed E-state index contributed by atoms with van der Waals surface area (Å²) in [5.74, 6) is -0.00746. The van der Waals surface area contributed by atoms with Gasteiger partial charge in [0.15, 0.2) is 0 Å². The first-order chi connectivity index (χ1) is 7.66. The number of piperidine rings is 1. The van der Waals surface area contributed by atoms with Gasteiger partial charge in [0.1, 0.15) is 13.2 Å². The minimum Gasteiger partial charge on any atom is -0.362 e. The van der Waals surface area contributed by atoms with Crippen molar-refractivity contribution in [1.29, 1.82) is 0 Å². The number of carbonyl (C=O) groups excluding carboxylic acids is 2. The van der Waals surface area contributed by atoms with E-state index >= 15 is 0 Å². The highest BCUT2D eigenvalue weighted by Gasteiger charge is 2.30. The van der Waals surface area contributed by atoms with Crippen LogP contribution in [0.25, 0.3) is 0 Å².